The van der Waals surface area contributed by atoms with Crippen LogP contribution < -0.4 is 0 Å². The fraction of sp³-hybridized carbons (Fsp3) is 1.00. The summed E-state index contributed by atoms with van der Waals surface area (Å²) in [5.74, 6) is 0.442. The smallest absolute Gasteiger partial charge is 0.0739 e. The summed E-state index contributed by atoms with van der Waals surface area (Å²) in [7, 11) is 0. The van der Waals surface area contributed by atoms with Gasteiger partial charge in [0.15, 0.2) is 0 Å². The predicted octanol–water partition coefficient (Wildman–Crippen LogP) is 1.79. The third-order valence-electron chi connectivity index (χ3n) is 1.14. The van der Waals surface area contributed by atoms with E-state index in [0.717, 1.165) is 0 Å². The van der Waals surface area contributed by atoms with Crippen molar-refractivity contribution in [3.8, 4) is 0 Å². The number of alkyl halides is 1. The van der Waals surface area contributed by atoms with Gasteiger partial charge in [0.25, 0.3) is 0 Å². The summed E-state index contributed by atoms with van der Waals surface area (Å²) in [4.78, 5) is 0. The van der Waals surface area contributed by atoms with E-state index in [-0.39, 0.29) is 18.3 Å². The maximum absolute atomic E-state index is 8.63. The largest absolute Gasteiger partial charge is 0.396 e. The third-order valence-corrected chi connectivity index (χ3v) is 1.49. The van der Waals surface area contributed by atoms with Crippen LogP contribution in [-0.2, 0) is 4.74 Å². The molecule has 0 aliphatic carbocycles. The summed E-state index contributed by atoms with van der Waals surface area (Å²) < 4.78 is 5.54. The Balaban J connectivity index is 3.68. The van der Waals surface area contributed by atoms with Crippen molar-refractivity contribution in [2.24, 2.45) is 0 Å². The van der Waals surface area contributed by atoms with Gasteiger partial charge in [0.1, 0.15) is 0 Å². The van der Waals surface area contributed by atoms with Crippen molar-refractivity contribution < 1.29 is 9.84 Å². The van der Waals surface area contributed by atoms with Crippen LogP contribution in [0.5, 0.6) is 0 Å². The molecule has 0 aromatic carbocycles. The molecule has 0 spiro atoms. The second kappa shape index (κ2) is 4.96. The van der Waals surface area contributed by atoms with Crippen LogP contribution in [0.1, 0.15) is 27.2 Å². The molecule has 11 heavy (non-hydrogen) atoms. The summed E-state index contributed by atoms with van der Waals surface area (Å²) in [6.07, 6.45) is 0.586. The van der Waals surface area contributed by atoms with Gasteiger partial charge in [0.05, 0.1) is 11.7 Å². The summed E-state index contributed by atoms with van der Waals surface area (Å²) in [5, 5.41) is 8.63. The molecule has 0 rings (SSSR count). The Labute approximate surface area is 73.5 Å². The Hall–Kier alpha value is 0.210. The molecule has 0 unspecified atom stereocenters. The van der Waals surface area contributed by atoms with Gasteiger partial charge in [-0.25, -0.2) is 0 Å². The van der Waals surface area contributed by atoms with Crippen molar-refractivity contribution >= 4 is 11.6 Å². The molecule has 0 radical (unpaired) electrons. The van der Waals surface area contributed by atoms with Crippen molar-refractivity contribution in [2.45, 2.75) is 38.9 Å². The van der Waals surface area contributed by atoms with E-state index in [0.29, 0.717) is 12.3 Å². The van der Waals surface area contributed by atoms with Gasteiger partial charge in [-0.3, -0.25) is 0 Å². The lowest BCUT2D eigenvalue weighted by Crippen LogP contribution is -2.29. The molecule has 0 aromatic heterocycles. The average Bonchev–Trinajstić information content (AvgIpc) is 1.84. The molecule has 0 amide bonds. The first-order valence-corrected chi connectivity index (χ1v) is 4.37. The van der Waals surface area contributed by atoms with Crippen LogP contribution in [-0.4, -0.2) is 29.3 Å². The van der Waals surface area contributed by atoms with Crippen LogP contribution in [0.3, 0.4) is 0 Å². The van der Waals surface area contributed by atoms with Crippen LogP contribution >= 0.6 is 11.6 Å². The van der Waals surface area contributed by atoms with E-state index in [1.54, 1.807) is 0 Å². The van der Waals surface area contributed by atoms with E-state index in [1.807, 2.05) is 20.8 Å². The second-order valence-corrected chi connectivity index (χ2v) is 3.83. The number of hydrogen-bond acceptors (Lipinski definition) is 2. The van der Waals surface area contributed by atoms with Crippen LogP contribution in [0.4, 0.5) is 0 Å². The van der Waals surface area contributed by atoms with Crippen molar-refractivity contribution in [3.63, 3.8) is 0 Å². The maximum Gasteiger partial charge on any atom is 0.0739 e. The standard InChI is InChI=1S/C8H17ClO2/c1-8(2,3)11-7(6-9)4-5-10/h7,10H,4-6H2,1-3H3/t7-/m1/s1. The molecular weight excluding hydrogens is 164 g/mol. The molecule has 1 N–H and O–H groups in total. The number of aliphatic hydroxyl groups is 1. The Morgan fingerprint density at radius 3 is 2.27 bits per heavy atom. The first kappa shape index (κ1) is 11.2. The molecule has 0 saturated carbocycles. The van der Waals surface area contributed by atoms with Gasteiger partial charge in [-0.15, -0.1) is 11.6 Å². The minimum absolute atomic E-state index is 0.0262. The minimum Gasteiger partial charge on any atom is -0.396 e. The number of hydrogen-bond donors (Lipinski definition) is 1. The SMILES string of the molecule is CC(C)(C)O[C@@H](CCl)CCO. The van der Waals surface area contributed by atoms with Crippen LogP contribution in [0, 0.1) is 0 Å². The number of rotatable bonds is 4. The lowest BCUT2D eigenvalue weighted by atomic mass is 10.1. The van der Waals surface area contributed by atoms with E-state index in [9.17, 15) is 0 Å². The second-order valence-electron chi connectivity index (χ2n) is 3.52. The summed E-state index contributed by atoms with van der Waals surface area (Å²) in [5.41, 5.74) is -0.172. The van der Waals surface area contributed by atoms with E-state index < -0.39 is 0 Å². The highest BCUT2D eigenvalue weighted by atomic mass is 35.5. The zero-order chi connectivity index (χ0) is 8.91. The van der Waals surface area contributed by atoms with Gasteiger partial charge in [-0.2, -0.15) is 0 Å². The first-order chi connectivity index (χ1) is 4.99. The van der Waals surface area contributed by atoms with Crippen LogP contribution in [0.25, 0.3) is 0 Å². The minimum atomic E-state index is -0.172. The van der Waals surface area contributed by atoms with E-state index >= 15 is 0 Å². The highest BCUT2D eigenvalue weighted by Crippen LogP contribution is 2.13. The molecule has 0 fully saturated rings. The molecule has 0 saturated heterocycles. The molecule has 0 aliphatic heterocycles. The molecule has 1 atom stereocenters. The quantitative estimate of drug-likeness (QED) is 0.669. The third kappa shape index (κ3) is 6.60. The van der Waals surface area contributed by atoms with E-state index in [4.69, 9.17) is 21.4 Å². The predicted molar refractivity (Wildman–Crippen MR) is 47.0 cm³/mol. The summed E-state index contributed by atoms with van der Waals surface area (Å²) in [6.45, 7) is 6.06. The zero-order valence-corrected chi connectivity index (χ0v) is 8.19. The Bertz CT molecular complexity index is 98.8. The van der Waals surface area contributed by atoms with Crippen LogP contribution in [0.2, 0.25) is 0 Å². The molecular formula is C8H17ClO2. The normalized spacial score (nSPS) is 15.0. The first-order valence-electron chi connectivity index (χ1n) is 3.84. The number of ether oxygens (including phenoxy) is 1. The Morgan fingerprint density at radius 2 is 2.00 bits per heavy atom. The average molecular weight is 181 g/mol. The highest BCUT2D eigenvalue weighted by Gasteiger charge is 2.17. The van der Waals surface area contributed by atoms with E-state index in [2.05, 4.69) is 0 Å². The summed E-state index contributed by atoms with van der Waals surface area (Å²) in [6, 6.07) is 0. The molecule has 0 bridgehead atoms. The molecule has 68 valence electrons. The molecule has 0 heterocycles. The highest BCUT2D eigenvalue weighted by molar-refractivity contribution is 6.18. The number of aliphatic hydroxyl groups excluding tert-OH is 1. The summed E-state index contributed by atoms with van der Waals surface area (Å²) >= 11 is 5.62. The van der Waals surface area contributed by atoms with Crippen LogP contribution in [0.15, 0.2) is 0 Å². The van der Waals surface area contributed by atoms with Gasteiger partial charge in [0, 0.05) is 12.5 Å². The molecule has 0 aromatic rings. The molecule has 0 aliphatic rings. The van der Waals surface area contributed by atoms with Gasteiger partial charge in [0.2, 0.25) is 0 Å². The Kier molecular flexibility index (Phi) is 5.06. The van der Waals surface area contributed by atoms with E-state index in [1.165, 1.54) is 0 Å². The number of halogens is 1. The molecule has 3 heteroatoms. The zero-order valence-electron chi connectivity index (χ0n) is 7.43. The fourth-order valence-electron chi connectivity index (χ4n) is 0.812. The van der Waals surface area contributed by atoms with Crippen molar-refractivity contribution in [1.29, 1.82) is 0 Å². The maximum atomic E-state index is 8.63. The van der Waals surface area contributed by atoms with Gasteiger partial charge >= 0.3 is 0 Å². The van der Waals surface area contributed by atoms with Gasteiger partial charge in [-0.1, -0.05) is 0 Å². The topological polar surface area (TPSA) is 29.5 Å². The van der Waals surface area contributed by atoms with Crippen molar-refractivity contribution in [1.82, 2.24) is 0 Å². The monoisotopic (exact) mass is 180 g/mol. The Morgan fingerprint density at radius 1 is 1.45 bits per heavy atom. The lowest BCUT2D eigenvalue weighted by Gasteiger charge is -2.25. The van der Waals surface area contributed by atoms with Gasteiger partial charge in [-0.05, 0) is 27.2 Å². The fourth-order valence-corrected chi connectivity index (χ4v) is 1.03. The lowest BCUT2D eigenvalue weighted by molar-refractivity contribution is -0.0571. The van der Waals surface area contributed by atoms with Gasteiger partial charge < -0.3 is 9.84 Å². The molecule has 2 nitrogen and oxygen atoms in total. The van der Waals surface area contributed by atoms with Crippen molar-refractivity contribution in [2.75, 3.05) is 12.5 Å². The van der Waals surface area contributed by atoms with Crippen molar-refractivity contribution in [3.05, 3.63) is 0 Å².